The molecule has 1 unspecified atom stereocenters. The molecule has 0 aliphatic carbocycles. The predicted octanol–water partition coefficient (Wildman–Crippen LogP) is 2.22. The van der Waals surface area contributed by atoms with Gasteiger partial charge in [0.1, 0.15) is 0 Å². The van der Waals surface area contributed by atoms with Crippen LogP contribution in [0.15, 0.2) is 0 Å². The minimum Gasteiger partial charge on any atom is -0.356 e. The molecular weight excluding hydrogens is 265 g/mol. The Morgan fingerprint density at radius 1 is 1.42 bits per heavy atom. The molecule has 0 saturated carbocycles. The van der Waals surface area contributed by atoms with Crippen molar-refractivity contribution in [1.29, 1.82) is 0 Å². The van der Waals surface area contributed by atoms with Crippen molar-refractivity contribution in [1.82, 2.24) is 5.32 Å². The normalized spacial score (nSPS) is 13.1. The minimum absolute atomic E-state index is 0.138. The van der Waals surface area contributed by atoms with Gasteiger partial charge in [0.15, 0.2) is 0 Å². The topological polar surface area (TPSA) is 29.1 Å². The highest BCUT2D eigenvalue weighted by molar-refractivity contribution is 14.1. The van der Waals surface area contributed by atoms with Crippen molar-refractivity contribution in [2.75, 3.05) is 11.0 Å². The Labute approximate surface area is 88.6 Å². The van der Waals surface area contributed by atoms with Crippen LogP contribution in [0.1, 0.15) is 27.2 Å². The lowest BCUT2D eigenvalue weighted by Gasteiger charge is -2.14. The Balaban J connectivity index is 3.57. The van der Waals surface area contributed by atoms with Gasteiger partial charge in [0.2, 0.25) is 5.91 Å². The number of carbonyl (C=O) groups excluding carboxylic acids is 1. The van der Waals surface area contributed by atoms with Gasteiger partial charge in [-0.2, -0.15) is 0 Å². The Morgan fingerprint density at radius 2 is 2.00 bits per heavy atom. The molecule has 0 bridgehead atoms. The largest absolute Gasteiger partial charge is 0.356 e. The molecule has 1 amide bonds. The van der Waals surface area contributed by atoms with Gasteiger partial charge in [0.25, 0.3) is 0 Å². The minimum atomic E-state index is 0.138. The van der Waals surface area contributed by atoms with Gasteiger partial charge in [-0.05, 0) is 12.3 Å². The monoisotopic (exact) mass is 283 g/mol. The lowest BCUT2D eigenvalue weighted by molar-refractivity contribution is -0.125. The molecule has 0 aromatic carbocycles. The van der Waals surface area contributed by atoms with Crippen LogP contribution in [-0.4, -0.2) is 16.9 Å². The molecule has 0 saturated heterocycles. The van der Waals surface area contributed by atoms with Crippen LogP contribution in [-0.2, 0) is 4.79 Å². The van der Waals surface area contributed by atoms with Crippen molar-refractivity contribution < 1.29 is 4.79 Å². The van der Waals surface area contributed by atoms with Crippen LogP contribution in [0.25, 0.3) is 0 Å². The zero-order valence-electron chi connectivity index (χ0n) is 8.06. The smallest absolute Gasteiger partial charge is 0.223 e. The Hall–Kier alpha value is 0.200. The molecule has 0 rings (SSSR count). The van der Waals surface area contributed by atoms with Gasteiger partial charge in [0.05, 0.1) is 0 Å². The van der Waals surface area contributed by atoms with Crippen molar-refractivity contribution in [2.45, 2.75) is 27.2 Å². The van der Waals surface area contributed by atoms with E-state index in [9.17, 15) is 4.79 Å². The fraction of sp³-hybridized carbons (Fsp3) is 0.889. The van der Waals surface area contributed by atoms with Gasteiger partial charge >= 0.3 is 0 Å². The van der Waals surface area contributed by atoms with Gasteiger partial charge in [-0.1, -0.05) is 43.4 Å². The average Bonchev–Trinajstić information content (AvgIpc) is 2.03. The molecule has 1 N–H and O–H groups in total. The van der Waals surface area contributed by atoms with E-state index in [0.29, 0.717) is 5.92 Å². The fourth-order valence-electron chi connectivity index (χ4n) is 0.742. The van der Waals surface area contributed by atoms with E-state index in [-0.39, 0.29) is 11.8 Å². The molecule has 2 nitrogen and oxygen atoms in total. The molecule has 0 aromatic heterocycles. The quantitative estimate of drug-likeness (QED) is 0.468. The van der Waals surface area contributed by atoms with Crippen LogP contribution < -0.4 is 5.32 Å². The maximum atomic E-state index is 11.3. The summed E-state index contributed by atoms with van der Waals surface area (Å²) in [6, 6.07) is 0. The molecule has 72 valence electrons. The fourth-order valence-corrected chi connectivity index (χ4v) is 1.12. The standard InChI is InChI=1S/C9H18INO/c1-7(2)8(3)9(12)11-6-4-5-10/h7-8H,4-6H2,1-3H3,(H,11,12). The van der Waals surface area contributed by atoms with Crippen LogP contribution >= 0.6 is 22.6 Å². The zero-order chi connectivity index (χ0) is 9.56. The summed E-state index contributed by atoms with van der Waals surface area (Å²) in [4.78, 5) is 11.3. The lowest BCUT2D eigenvalue weighted by Crippen LogP contribution is -2.32. The predicted molar refractivity (Wildman–Crippen MR) is 60.5 cm³/mol. The number of hydrogen-bond donors (Lipinski definition) is 1. The highest BCUT2D eigenvalue weighted by atomic mass is 127. The van der Waals surface area contributed by atoms with Crippen LogP contribution in [0.5, 0.6) is 0 Å². The molecule has 0 aliphatic rings. The summed E-state index contributed by atoms with van der Waals surface area (Å²) < 4.78 is 1.11. The molecule has 0 heterocycles. The van der Waals surface area contributed by atoms with Crippen LogP contribution in [0.3, 0.4) is 0 Å². The number of nitrogens with one attached hydrogen (secondary N) is 1. The zero-order valence-corrected chi connectivity index (χ0v) is 10.2. The van der Waals surface area contributed by atoms with E-state index in [1.165, 1.54) is 0 Å². The number of alkyl halides is 1. The summed E-state index contributed by atoms with van der Waals surface area (Å²) >= 11 is 2.31. The van der Waals surface area contributed by atoms with E-state index in [0.717, 1.165) is 17.4 Å². The molecule has 0 aliphatic heterocycles. The number of hydrogen-bond acceptors (Lipinski definition) is 1. The molecule has 0 radical (unpaired) electrons. The SMILES string of the molecule is CC(C)C(C)C(=O)NCCCI. The first-order valence-corrected chi connectivity index (χ1v) is 5.95. The molecule has 1 atom stereocenters. The van der Waals surface area contributed by atoms with Crippen LogP contribution in [0, 0.1) is 11.8 Å². The second-order valence-corrected chi connectivity index (χ2v) is 4.45. The number of amides is 1. The molecular formula is C9H18INO. The van der Waals surface area contributed by atoms with Gasteiger partial charge < -0.3 is 5.32 Å². The first kappa shape index (κ1) is 12.2. The number of halogens is 1. The van der Waals surface area contributed by atoms with Crippen molar-refractivity contribution in [3.63, 3.8) is 0 Å². The third-order valence-corrected chi connectivity index (χ3v) is 2.79. The summed E-state index contributed by atoms with van der Waals surface area (Å²) in [7, 11) is 0. The van der Waals surface area contributed by atoms with Crippen molar-refractivity contribution in [2.24, 2.45) is 11.8 Å². The summed E-state index contributed by atoms with van der Waals surface area (Å²) in [5.74, 6) is 0.763. The van der Waals surface area contributed by atoms with E-state index in [1.54, 1.807) is 0 Å². The van der Waals surface area contributed by atoms with Gasteiger partial charge in [-0.3, -0.25) is 4.79 Å². The first-order valence-electron chi connectivity index (χ1n) is 4.43. The number of carbonyl (C=O) groups is 1. The molecule has 0 fully saturated rings. The summed E-state index contributed by atoms with van der Waals surface area (Å²) in [6.45, 7) is 6.94. The lowest BCUT2D eigenvalue weighted by atomic mass is 9.97. The number of rotatable bonds is 5. The second kappa shape index (κ2) is 6.69. The van der Waals surface area contributed by atoms with Gasteiger partial charge in [-0.25, -0.2) is 0 Å². The van der Waals surface area contributed by atoms with Crippen LogP contribution in [0.2, 0.25) is 0 Å². The second-order valence-electron chi connectivity index (χ2n) is 3.37. The van der Waals surface area contributed by atoms with Crippen molar-refractivity contribution in [3.8, 4) is 0 Å². The van der Waals surface area contributed by atoms with Gasteiger partial charge in [0, 0.05) is 16.9 Å². The van der Waals surface area contributed by atoms with E-state index in [1.807, 2.05) is 6.92 Å². The maximum Gasteiger partial charge on any atom is 0.223 e. The van der Waals surface area contributed by atoms with E-state index < -0.39 is 0 Å². The van der Waals surface area contributed by atoms with E-state index in [4.69, 9.17) is 0 Å². The van der Waals surface area contributed by atoms with Crippen molar-refractivity contribution in [3.05, 3.63) is 0 Å². The Kier molecular flexibility index (Phi) is 6.80. The highest BCUT2D eigenvalue weighted by Crippen LogP contribution is 2.08. The van der Waals surface area contributed by atoms with Crippen LogP contribution in [0.4, 0.5) is 0 Å². The van der Waals surface area contributed by atoms with E-state index in [2.05, 4.69) is 41.8 Å². The Morgan fingerprint density at radius 3 is 2.42 bits per heavy atom. The first-order chi connectivity index (χ1) is 5.59. The molecule has 0 aromatic rings. The summed E-state index contributed by atoms with van der Waals surface area (Å²) in [6.07, 6.45) is 1.07. The van der Waals surface area contributed by atoms with Gasteiger partial charge in [-0.15, -0.1) is 0 Å². The maximum absolute atomic E-state index is 11.3. The average molecular weight is 283 g/mol. The third kappa shape index (κ3) is 4.95. The molecule has 12 heavy (non-hydrogen) atoms. The highest BCUT2D eigenvalue weighted by Gasteiger charge is 2.15. The third-order valence-electron chi connectivity index (χ3n) is 2.02. The molecule has 3 heteroatoms. The summed E-state index contributed by atoms with van der Waals surface area (Å²) in [5, 5.41) is 2.92. The van der Waals surface area contributed by atoms with Crippen molar-refractivity contribution >= 4 is 28.5 Å². The summed E-state index contributed by atoms with van der Waals surface area (Å²) in [5.41, 5.74) is 0. The molecule has 0 spiro atoms. The Bertz CT molecular complexity index is 136. The van der Waals surface area contributed by atoms with E-state index >= 15 is 0 Å².